The Morgan fingerprint density at radius 3 is 2.53 bits per heavy atom. The minimum Gasteiger partial charge on any atom is -0.457 e. The fraction of sp³-hybridized carbons (Fsp3) is 0.667. The first-order valence-corrected chi connectivity index (χ1v) is 13.1. The maximum Gasteiger partial charge on any atom is 0.311 e. The number of thiazole rings is 1. The number of ether oxygens (including phenoxy) is 1. The Bertz CT molecular complexity index is 916. The Morgan fingerprint density at radius 1 is 1.24 bits per heavy atom. The van der Waals surface area contributed by atoms with Crippen molar-refractivity contribution < 1.29 is 24.5 Å². The van der Waals surface area contributed by atoms with Gasteiger partial charge in [-0.15, -0.1) is 11.3 Å². The average Bonchev–Trinajstić information content (AvgIpc) is 3.18. The molecule has 190 valence electrons. The van der Waals surface area contributed by atoms with Crippen LogP contribution in [0.2, 0.25) is 0 Å². The largest absolute Gasteiger partial charge is 0.457 e. The lowest BCUT2D eigenvalue weighted by Crippen LogP contribution is -2.45. The number of esters is 1. The lowest BCUT2D eigenvalue weighted by atomic mass is 9.74. The third-order valence-corrected chi connectivity index (χ3v) is 7.84. The number of hydrogen-bond acceptors (Lipinski definition) is 7. The van der Waals surface area contributed by atoms with E-state index in [1.54, 1.807) is 32.1 Å². The Hall–Kier alpha value is -1.83. The molecular formula is C27H41NO5S. The van der Waals surface area contributed by atoms with Crippen LogP contribution < -0.4 is 0 Å². The fourth-order valence-electron chi connectivity index (χ4n) is 4.23. The highest BCUT2D eigenvalue weighted by Gasteiger charge is 2.42. The molecule has 1 aliphatic heterocycles. The Labute approximate surface area is 208 Å². The lowest BCUT2D eigenvalue weighted by Gasteiger charge is -2.34. The van der Waals surface area contributed by atoms with Crippen molar-refractivity contribution in [1.82, 2.24) is 4.98 Å². The number of ketones is 1. The molecule has 0 aliphatic carbocycles. The monoisotopic (exact) mass is 491 g/mol. The van der Waals surface area contributed by atoms with Crippen LogP contribution in [0, 0.1) is 24.2 Å². The first-order valence-electron chi connectivity index (χ1n) is 12.2. The van der Waals surface area contributed by atoms with Crippen LogP contribution in [0.15, 0.2) is 22.6 Å². The molecule has 34 heavy (non-hydrogen) atoms. The van der Waals surface area contributed by atoms with Crippen LogP contribution in [-0.2, 0) is 14.3 Å². The van der Waals surface area contributed by atoms with Gasteiger partial charge >= 0.3 is 5.97 Å². The Balaban J connectivity index is 2.36. The Morgan fingerprint density at radius 2 is 1.91 bits per heavy atom. The molecule has 0 amide bonds. The summed E-state index contributed by atoms with van der Waals surface area (Å²) in [7, 11) is 0. The maximum absolute atomic E-state index is 13.1. The summed E-state index contributed by atoms with van der Waals surface area (Å²) < 4.78 is 5.89. The number of carbonyl (C=O) groups is 2. The van der Waals surface area contributed by atoms with Crippen molar-refractivity contribution in [2.24, 2.45) is 17.3 Å². The van der Waals surface area contributed by atoms with Crippen LogP contribution in [0.1, 0.15) is 84.3 Å². The zero-order valence-electron chi connectivity index (χ0n) is 21.6. The number of aliphatic hydroxyl groups is 2. The van der Waals surface area contributed by atoms with E-state index in [0.29, 0.717) is 6.42 Å². The molecule has 0 bridgehead atoms. The summed E-state index contributed by atoms with van der Waals surface area (Å²) in [6, 6.07) is 0. The quantitative estimate of drug-likeness (QED) is 0.432. The van der Waals surface area contributed by atoms with Crippen molar-refractivity contribution >= 4 is 29.2 Å². The zero-order valence-corrected chi connectivity index (χ0v) is 22.4. The summed E-state index contributed by atoms with van der Waals surface area (Å²) in [6.45, 7) is 12.7. The second kappa shape index (κ2) is 12.2. The molecule has 1 aromatic heterocycles. The first kappa shape index (κ1) is 28.4. The number of allylic oxidation sites excluding steroid dienone is 1. The minimum atomic E-state index is -1.23. The molecule has 2 rings (SSSR count). The normalized spacial score (nSPS) is 30.6. The molecule has 0 fully saturated rings. The molecular weight excluding hydrogens is 450 g/mol. The molecule has 5 atom stereocenters. The number of nitrogens with zero attached hydrogens (tertiary/aromatic N) is 1. The number of aryl methyl sites for hydroxylation is 1. The van der Waals surface area contributed by atoms with Crippen molar-refractivity contribution in [1.29, 1.82) is 0 Å². The first-order chi connectivity index (χ1) is 15.8. The molecule has 1 aliphatic rings. The highest BCUT2D eigenvalue weighted by molar-refractivity contribution is 7.09. The van der Waals surface area contributed by atoms with Gasteiger partial charge in [0.2, 0.25) is 0 Å². The Kier molecular flexibility index (Phi) is 10.2. The predicted octanol–water partition coefficient (Wildman–Crippen LogP) is 5.27. The van der Waals surface area contributed by atoms with Crippen LogP contribution >= 0.6 is 11.3 Å². The molecule has 0 saturated heterocycles. The molecule has 2 heterocycles. The number of Topliss-reactive ketones (excluding diaryl/α,β-unsaturated/α-hetero) is 1. The molecule has 0 radical (unpaired) electrons. The molecule has 0 saturated carbocycles. The topological polar surface area (TPSA) is 96.7 Å². The smallest absolute Gasteiger partial charge is 0.311 e. The van der Waals surface area contributed by atoms with Gasteiger partial charge in [-0.25, -0.2) is 4.98 Å². The highest BCUT2D eigenvalue weighted by Crippen LogP contribution is 2.32. The van der Waals surface area contributed by atoms with Crippen molar-refractivity contribution in [3.05, 3.63) is 33.3 Å². The standard InChI is InChI=1S/C27H41NO5S/c1-16-9-8-10-17(2)22(29)14-24(30)27(6,7)25(31)19(4)26(32)33-23(12-11-16)18(3)13-21-15-34-20(5)28-21/h11,13,15,17,19,22-23,25,29,31H,8-10,12,14H2,1-7H3/t17-,19?,22+,23-,25-/m0/s1. The van der Waals surface area contributed by atoms with E-state index in [9.17, 15) is 19.8 Å². The molecule has 7 heteroatoms. The van der Waals surface area contributed by atoms with E-state index in [1.165, 1.54) is 5.57 Å². The van der Waals surface area contributed by atoms with E-state index >= 15 is 0 Å². The van der Waals surface area contributed by atoms with Gasteiger partial charge in [-0.2, -0.15) is 0 Å². The second-order valence-corrected chi connectivity index (χ2v) is 11.5. The van der Waals surface area contributed by atoms with Crippen molar-refractivity contribution in [3.63, 3.8) is 0 Å². The lowest BCUT2D eigenvalue weighted by molar-refractivity contribution is -0.160. The summed E-state index contributed by atoms with van der Waals surface area (Å²) in [4.78, 5) is 30.5. The molecule has 6 nitrogen and oxygen atoms in total. The van der Waals surface area contributed by atoms with Crippen LogP contribution in [0.3, 0.4) is 0 Å². The molecule has 1 aromatic rings. The summed E-state index contributed by atoms with van der Waals surface area (Å²) in [5.41, 5.74) is 1.71. The SMILES string of the molecule is CC1=CC[C@@H](C(C)=Cc2csc(C)n2)OC(=O)C(C)[C@H](O)C(C)(C)C(=O)C[C@@H](O)[C@@H](C)CCC1. The number of cyclic esters (lactones) is 1. The third kappa shape index (κ3) is 7.59. The van der Waals surface area contributed by atoms with E-state index < -0.39 is 35.6 Å². The minimum absolute atomic E-state index is 0.0283. The molecule has 0 aromatic carbocycles. The van der Waals surface area contributed by atoms with Crippen LogP contribution in [-0.4, -0.2) is 45.3 Å². The van der Waals surface area contributed by atoms with Gasteiger partial charge in [-0.05, 0) is 64.5 Å². The summed E-state index contributed by atoms with van der Waals surface area (Å²) >= 11 is 1.56. The van der Waals surface area contributed by atoms with Crippen LogP contribution in [0.5, 0.6) is 0 Å². The van der Waals surface area contributed by atoms with Crippen molar-refractivity contribution in [3.8, 4) is 0 Å². The van der Waals surface area contributed by atoms with E-state index in [-0.39, 0.29) is 18.1 Å². The number of aromatic nitrogens is 1. The van der Waals surface area contributed by atoms with E-state index in [2.05, 4.69) is 18.0 Å². The average molecular weight is 492 g/mol. The third-order valence-electron chi connectivity index (χ3n) is 7.04. The predicted molar refractivity (Wildman–Crippen MR) is 136 cm³/mol. The van der Waals surface area contributed by atoms with E-state index in [1.807, 2.05) is 32.2 Å². The number of hydrogen-bond donors (Lipinski definition) is 2. The van der Waals surface area contributed by atoms with Gasteiger partial charge in [0.25, 0.3) is 0 Å². The number of rotatable bonds is 2. The van der Waals surface area contributed by atoms with E-state index in [0.717, 1.165) is 35.5 Å². The number of aliphatic hydroxyl groups excluding tert-OH is 2. The van der Waals surface area contributed by atoms with E-state index in [4.69, 9.17) is 4.74 Å². The highest BCUT2D eigenvalue weighted by atomic mass is 32.1. The summed E-state index contributed by atoms with van der Waals surface area (Å²) in [6.07, 6.45) is 4.59. The zero-order chi connectivity index (χ0) is 25.6. The second-order valence-electron chi connectivity index (χ2n) is 10.4. The molecule has 0 spiro atoms. The van der Waals surface area contributed by atoms with Crippen LogP contribution in [0.4, 0.5) is 0 Å². The van der Waals surface area contributed by atoms with Crippen LogP contribution in [0.25, 0.3) is 6.08 Å². The van der Waals surface area contributed by atoms with Crippen molar-refractivity contribution in [2.75, 3.05) is 0 Å². The van der Waals surface area contributed by atoms with Gasteiger partial charge in [0, 0.05) is 18.2 Å². The molecule has 1 unspecified atom stereocenters. The summed E-state index contributed by atoms with van der Waals surface area (Å²) in [5.74, 6) is -1.73. The molecule has 2 N–H and O–H groups in total. The van der Waals surface area contributed by atoms with Gasteiger partial charge in [-0.3, -0.25) is 9.59 Å². The van der Waals surface area contributed by atoms with Gasteiger partial charge in [-0.1, -0.05) is 32.4 Å². The summed E-state index contributed by atoms with van der Waals surface area (Å²) in [5, 5.41) is 24.5. The maximum atomic E-state index is 13.1. The fourth-order valence-corrected chi connectivity index (χ4v) is 4.80. The van der Waals surface area contributed by atoms with Gasteiger partial charge in [0.05, 0.1) is 34.2 Å². The van der Waals surface area contributed by atoms with Gasteiger partial charge in [0.1, 0.15) is 11.9 Å². The number of carbonyl (C=O) groups excluding carboxylic acids is 2. The van der Waals surface area contributed by atoms with Crippen molar-refractivity contribution in [2.45, 2.75) is 98.9 Å². The van der Waals surface area contributed by atoms with Gasteiger partial charge < -0.3 is 14.9 Å². The van der Waals surface area contributed by atoms with Gasteiger partial charge in [0.15, 0.2) is 0 Å².